The maximum absolute atomic E-state index is 12.2. The van der Waals surface area contributed by atoms with Gasteiger partial charge in [0, 0.05) is 12.7 Å². The molecule has 4 rings (SSSR count). The predicted octanol–water partition coefficient (Wildman–Crippen LogP) is 4.74. The van der Waals surface area contributed by atoms with E-state index in [1.54, 1.807) is 11.9 Å². The fourth-order valence-electron chi connectivity index (χ4n) is 4.55. The number of ether oxygens (including phenoxy) is 3. The van der Waals surface area contributed by atoms with Gasteiger partial charge in [0.2, 0.25) is 0 Å². The van der Waals surface area contributed by atoms with Gasteiger partial charge in [0.05, 0.1) is 19.7 Å². The van der Waals surface area contributed by atoms with Crippen molar-refractivity contribution in [2.24, 2.45) is 0 Å². The van der Waals surface area contributed by atoms with E-state index in [9.17, 15) is 9.59 Å². The molecule has 9 heteroatoms. The van der Waals surface area contributed by atoms with Crippen LogP contribution in [0.1, 0.15) is 43.4 Å². The summed E-state index contributed by atoms with van der Waals surface area (Å²) in [6.07, 6.45) is 4.47. The number of likely N-dealkylation sites (N-methyl/N-ethyl adjacent to an activating group) is 1. The Morgan fingerprint density at radius 3 is 2.45 bits per heavy atom. The average Bonchev–Trinajstić information content (AvgIpc) is 3.37. The van der Waals surface area contributed by atoms with Gasteiger partial charge in [-0.3, -0.25) is 9.69 Å². The van der Waals surface area contributed by atoms with Crippen LogP contribution in [0.2, 0.25) is 0 Å². The minimum atomic E-state index is -0.852. The number of hydrogen-bond acceptors (Lipinski definition) is 8. The molecule has 0 heterocycles. The molecule has 210 valence electrons. The number of hydrogen-bond donors (Lipinski definition) is 0. The zero-order valence-corrected chi connectivity index (χ0v) is 23.3. The minimum Gasteiger partial charge on any atom is -0.505 e. The van der Waals surface area contributed by atoms with E-state index in [4.69, 9.17) is 23.5 Å². The summed E-state index contributed by atoms with van der Waals surface area (Å²) in [6.45, 7) is 3.00. The van der Waals surface area contributed by atoms with Crippen molar-refractivity contribution in [1.29, 1.82) is 0 Å². The summed E-state index contributed by atoms with van der Waals surface area (Å²) in [7, 11) is 2.29. The molecule has 0 amide bonds. The van der Waals surface area contributed by atoms with E-state index in [1.165, 1.54) is 7.11 Å². The van der Waals surface area contributed by atoms with Crippen molar-refractivity contribution in [2.75, 3.05) is 33.9 Å². The Morgan fingerprint density at radius 2 is 1.75 bits per heavy atom. The van der Waals surface area contributed by atoms with Crippen LogP contribution < -0.4 is 19.7 Å². The van der Waals surface area contributed by atoms with Crippen LogP contribution in [-0.2, 0) is 25.3 Å². The topological polar surface area (TPSA) is 83.5 Å². The highest BCUT2D eigenvalue weighted by atomic mass is 16.6. The molecule has 0 aliphatic heterocycles. The van der Waals surface area contributed by atoms with Crippen LogP contribution in [0.4, 0.5) is 0 Å². The molecule has 0 aromatic heterocycles. The van der Waals surface area contributed by atoms with E-state index >= 15 is 0 Å². The van der Waals surface area contributed by atoms with E-state index in [0.29, 0.717) is 17.8 Å². The molecule has 0 saturated carbocycles. The van der Waals surface area contributed by atoms with Gasteiger partial charge in [0.25, 0.3) is 0 Å². The number of unbranched alkanes of at least 4 members (excludes halogenated alkanes) is 1. The lowest BCUT2D eigenvalue weighted by Crippen LogP contribution is -2.40. The quantitative estimate of drug-likeness (QED) is 0.154. The Labute approximate surface area is 236 Å². The predicted molar refractivity (Wildman–Crippen MR) is 154 cm³/mol. The Balaban J connectivity index is 1.36. The van der Waals surface area contributed by atoms with Crippen LogP contribution in [0.25, 0.3) is 0 Å². The van der Waals surface area contributed by atoms with E-state index < -0.39 is 13.1 Å². The molecule has 0 fully saturated rings. The van der Waals surface area contributed by atoms with E-state index in [1.807, 2.05) is 60.7 Å². The lowest BCUT2D eigenvalue weighted by Gasteiger charge is -2.18. The second-order valence-corrected chi connectivity index (χ2v) is 9.73. The minimum absolute atomic E-state index is 0.00857. The van der Waals surface area contributed by atoms with Gasteiger partial charge in [-0.2, -0.15) is 0 Å². The lowest BCUT2D eigenvalue weighted by atomic mass is 9.79. The molecule has 8 nitrogen and oxygen atoms in total. The molecule has 0 radical (unpaired) electrons. The molecular weight excluding hydrogens is 509 g/mol. The molecule has 0 N–H and O–H groups in total. The normalized spacial score (nSPS) is 13.9. The third-order valence-electron chi connectivity index (χ3n) is 6.66. The first-order valence-corrected chi connectivity index (χ1v) is 13.6. The van der Waals surface area contributed by atoms with Crippen molar-refractivity contribution in [2.45, 2.75) is 38.7 Å². The van der Waals surface area contributed by atoms with Crippen molar-refractivity contribution < 1.29 is 33.1 Å². The molecule has 1 aliphatic rings. The largest absolute Gasteiger partial charge is 0.564 e. The van der Waals surface area contributed by atoms with Crippen LogP contribution in [0.15, 0.2) is 66.7 Å². The van der Waals surface area contributed by atoms with E-state index in [0.717, 1.165) is 60.3 Å². The summed E-state index contributed by atoms with van der Waals surface area (Å²) < 4.78 is 29.1. The summed E-state index contributed by atoms with van der Waals surface area (Å²) in [5.74, 6) is 2.67. The van der Waals surface area contributed by atoms with Gasteiger partial charge in [-0.15, -0.1) is 0 Å². The van der Waals surface area contributed by atoms with Crippen molar-refractivity contribution in [3.63, 3.8) is 0 Å². The van der Waals surface area contributed by atoms with Gasteiger partial charge < -0.3 is 28.3 Å². The van der Waals surface area contributed by atoms with Gasteiger partial charge in [-0.1, -0.05) is 37.6 Å². The third kappa shape index (κ3) is 7.86. The number of fused-ring (bicyclic) bond motifs is 1. The molecule has 0 saturated heterocycles. The molecule has 3 aromatic rings. The molecule has 0 spiro atoms. The summed E-state index contributed by atoms with van der Waals surface area (Å²) in [6, 6.07) is 21.1. The monoisotopic (exact) mass is 545 g/mol. The standard InChI is InChI=1S/C31H36BNO7/c1-4-5-21-37-24-13-15-26(16-14-24)38-29-8-6-7-27-28(29)17-18-30(27)39-25-11-9-23(10-12-25)32(36-3)40-31(35)22-33(2)19-20-34/h6-16,20,30H,4-5,17-19,21-22H2,1-3H3. The Kier molecular flexibility index (Phi) is 10.6. The number of nitrogens with zero attached hydrogens (tertiary/aromatic N) is 1. The number of aldehydes is 1. The highest BCUT2D eigenvalue weighted by Crippen LogP contribution is 2.41. The smallest absolute Gasteiger partial charge is 0.505 e. The van der Waals surface area contributed by atoms with Gasteiger partial charge in [-0.25, -0.2) is 0 Å². The number of benzene rings is 3. The SMILES string of the molecule is CCCCOc1ccc(Oc2cccc3c2CCC3Oc2ccc(B(OC)OC(=O)CN(C)CC=O)cc2)cc1. The highest BCUT2D eigenvalue weighted by Gasteiger charge is 2.28. The highest BCUT2D eigenvalue weighted by molar-refractivity contribution is 6.62. The van der Waals surface area contributed by atoms with Crippen LogP contribution in [-0.4, -0.2) is 58.1 Å². The molecule has 0 bridgehead atoms. The van der Waals surface area contributed by atoms with Gasteiger partial charge >= 0.3 is 13.1 Å². The van der Waals surface area contributed by atoms with Crippen LogP contribution in [0.3, 0.4) is 0 Å². The molecule has 1 aliphatic carbocycles. The maximum atomic E-state index is 12.2. The molecule has 40 heavy (non-hydrogen) atoms. The van der Waals surface area contributed by atoms with Crippen molar-refractivity contribution >= 4 is 24.8 Å². The number of rotatable bonds is 15. The zero-order valence-electron chi connectivity index (χ0n) is 23.3. The summed E-state index contributed by atoms with van der Waals surface area (Å²) >= 11 is 0. The third-order valence-corrected chi connectivity index (χ3v) is 6.66. The fraction of sp³-hybridized carbons (Fsp3) is 0.355. The summed E-state index contributed by atoms with van der Waals surface area (Å²) in [4.78, 5) is 24.4. The molecule has 1 atom stereocenters. The number of carbonyl (C=O) groups is 2. The summed E-state index contributed by atoms with van der Waals surface area (Å²) in [5.41, 5.74) is 2.95. The van der Waals surface area contributed by atoms with Crippen LogP contribution in [0, 0.1) is 0 Å². The molecular formula is C31H36BNO7. The van der Waals surface area contributed by atoms with Crippen molar-refractivity contribution in [1.82, 2.24) is 4.90 Å². The van der Waals surface area contributed by atoms with Gasteiger partial charge in [0.1, 0.15) is 35.4 Å². The molecule has 3 aromatic carbocycles. The van der Waals surface area contributed by atoms with Gasteiger partial charge in [-0.05, 0) is 79.8 Å². The lowest BCUT2D eigenvalue weighted by molar-refractivity contribution is -0.136. The first kappa shape index (κ1) is 29.2. The van der Waals surface area contributed by atoms with Gasteiger partial charge in [0.15, 0.2) is 0 Å². The molecule has 1 unspecified atom stereocenters. The Morgan fingerprint density at radius 1 is 1.02 bits per heavy atom. The Bertz CT molecular complexity index is 1250. The second kappa shape index (κ2) is 14.5. The zero-order chi connectivity index (χ0) is 28.3. The van der Waals surface area contributed by atoms with Crippen molar-refractivity contribution in [3.8, 4) is 23.0 Å². The Hall–Kier alpha value is -3.82. The first-order valence-electron chi connectivity index (χ1n) is 13.6. The van der Waals surface area contributed by atoms with Crippen molar-refractivity contribution in [3.05, 3.63) is 77.9 Å². The van der Waals surface area contributed by atoms with E-state index in [2.05, 4.69) is 13.0 Å². The van der Waals surface area contributed by atoms with Crippen LogP contribution in [0.5, 0.6) is 23.0 Å². The second-order valence-electron chi connectivity index (χ2n) is 9.73. The summed E-state index contributed by atoms with van der Waals surface area (Å²) in [5, 5.41) is 0. The maximum Gasteiger partial charge on any atom is 0.564 e. The first-order chi connectivity index (χ1) is 19.5. The van der Waals surface area contributed by atoms with Crippen LogP contribution >= 0.6 is 0 Å². The van der Waals surface area contributed by atoms with E-state index in [-0.39, 0.29) is 19.2 Å². The average molecular weight is 545 g/mol. The fourth-order valence-corrected chi connectivity index (χ4v) is 4.55. The number of carbonyl (C=O) groups excluding carboxylic acids is 2.